The Bertz CT molecular complexity index is 699. The van der Waals surface area contributed by atoms with E-state index in [-0.39, 0.29) is 5.91 Å². The molecule has 1 amide bonds. The van der Waals surface area contributed by atoms with Crippen LogP contribution in [0.2, 0.25) is 0 Å². The molecule has 25 heavy (non-hydrogen) atoms. The highest BCUT2D eigenvalue weighted by atomic mass is 16.5. The van der Waals surface area contributed by atoms with Gasteiger partial charge in [-0.2, -0.15) is 0 Å². The molecule has 0 aromatic heterocycles. The van der Waals surface area contributed by atoms with E-state index in [1.165, 1.54) is 0 Å². The largest absolute Gasteiger partial charge is 0.481 e. The van der Waals surface area contributed by atoms with E-state index in [1.54, 1.807) is 6.92 Å². The van der Waals surface area contributed by atoms with Gasteiger partial charge in [-0.05, 0) is 48.4 Å². The Kier molecular flexibility index (Phi) is 6.63. The van der Waals surface area contributed by atoms with E-state index in [2.05, 4.69) is 45.1 Å². The third-order valence-corrected chi connectivity index (χ3v) is 4.46. The molecular weight excluding hydrogens is 310 g/mol. The van der Waals surface area contributed by atoms with Crippen LogP contribution in [0.15, 0.2) is 42.5 Å². The molecule has 0 bridgehead atoms. The zero-order chi connectivity index (χ0) is 18.4. The van der Waals surface area contributed by atoms with Crippen LogP contribution in [0.25, 0.3) is 0 Å². The number of carbonyl (C=O) groups is 1. The van der Waals surface area contributed by atoms with Crippen LogP contribution in [-0.4, -0.2) is 12.0 Å². The van der Waals surface area contributed by atoms with Crippen LogP contribution < -0.4 is 10.1 Å². The second-order valence-corrected chi connectivity index (χ2v) is 6.60. The Morgan fingerprint density at radius 3 is 2.12 bits per heavy atom. The van der Waals surface area contributed by atoms with Crippen molar-refractivity contribution in [1.29, 1.82) is 0 Å². The summed E-state index contributed by atoms with van der Waals surface area (Å²) < 4.78 is 5.98. The van der Waals surface area contributed by atoms with Crippen molar-refractivity contribution in [3.8, 4) is 5.75 Å². The number of benzene rings is 2. The first kappa shape index (κ1) is 19.0. The number of para-hydroxylation sites is 2. The number of rotatable bonds is 7. The summed E-state index contributed by atoms with van der Waals surface area (Å²) in [6.45, 7) is 10.2. The number of hydrogen-bond acceptors (Lipinski definition) is 2. The third-order valence-electron chi connectivity index (χ3n) is 4.46. The molecule has 0 radical (unpaired) electrons. The molecule has 3 heteroatoms. The number of ether oxygens (including phenoxy) is 1. The quantitative estimate of drug-likeness (QED) is 0.739. The molecule has 0 spiro atoms. The van der Waals surface area contributed by atoms with Crippen molar-refractivity contribution in [3.63, 3.8) is 0 Å². The van der Waals surface area contributed by atoms with Crippen molar-refractivity contribution in [2.45, 2.75) is 59.5 Å². The molecule has 0 aliphatic rings. The summed E-state index contributed by atoms with van der Waals surface area (Å²) in [6.07, 6.45) is 1.21. The fraction of sp³-hybridized carbons (Fsp3) is 0.409. The molecule has 0 unspecified atom stereocenters. The molecule has 0 saturated heterocycles. The fourth-order valence-electron chi connectivity index (χ4n) is 2.94. The number of hydrogen-bond donors (Lipinski definition) is 1. The molecule has 1 N–H and O–H groups in total. The molecule has 2 aromatic carbocycles. The minimum absolute atomic E-state index is 0.117. The summed E-state index contributed by atoms with van der Waals surface area (Å²) in [4.78, 5) is 12.7. The highest BCUT2D eigenvalue weighted by molar-refractivity contribution is 5.95. The van der Waals surface area contributed by atoms with Crippen LogP contribution in [0.3, 0.4) is 0 Å². The molecule has 2 aromatic rings. The van der Waals surface area contributed by atoms with Gasteiger partial charge in [0.25, 0.3) is 5.91 Å². The predicted molar refractivity (Wildman–Crippen MR) is 104 cm³/mol. The van der Waals surface area contributed by atoms with Crippen LogP contribution in [0, 0.1) is 0 Å². The van der Waals surface area contributed by atoms with Crippen LogP contribution in [-0.2, 0) is 17.6 Å². The van der Waals surface area contributed by atoms with E-state index >= 15 is 0 Å². The molecule has 0 heterocycles. The van der Waals surface area contributed by atoms with Gasteiger partial charge in [0.15, 0.2) is 6.10 Å². The van der Waals surface area contributed by atoms with Gasteiger partial charge in [0.05, 0.1) is 0 Å². The molecule has 0 aliphatic heterocycles. The van der Waals surface area contributed by atoms with Gasteiger partial charge in [-0.15, -0.1) is 0 Å². The summed E-state index contributed by atoms with van der Waals surface area (Å²) in [5.74, 6) is 1.01. The zero-order valence-electron chi connectivity index (χ0n) is 15.9. The lowest BCUT2D eigenvalue weighted by Gasteiger charge is -2.20. The highest BCUT2D eigenvalue weighted by Crippen LogP contribution is 2.27. The van der Waals surface area contributed by atoms with Crippen molar-refractivity contribution in [1.82, 2.24) is 0 Å². The Morgan fingerprint density at radius 2 is 1.56 bits per heavy atom. The molecule has 0 aliphatic carbocycles. The number of aryl methyl sites for hydroxylation is 2. The maximum absolute atomic E-state index is 12.7. The van der Waals surface area contributed by atoms with E-state index in [4.69, 9.17) is 4.74 Å². The first-order valence-electron chi connectivity index (χ1n) is 9.15. The van der Waals surface area contributed by atoms with Gasteiger partial charge in [-0.25, -0.2) is 0 Å². The summed E-state index contributed by atoms with van der Waals surface area (Å²) in [5.41, 5.74) is 4.36. The van der Waals surface area contributed by atoms with Crippen molar-refractivity contribution in [2.75, 3.05) is 5.32 Å². The normalized spacial score (nSPS) is 12.1. The van der Waals surface area contributed by atoms with Crippen molar-refractivity contribution in [2.24, 2.45) is 0 Å². The van der Waals surface area contributed by atoms with Gasteiger partial charge in [0.2, 0.25) is 0 Å². The van der Waals surface area contributed by atoms with Gasteiger partial charge in [0, 0.05) is 5.69 Å². The van der Waals surface area contributed by atoms with Gasteiger partial charge >= 0.3 is 0 Å². The smallest absolute Gasteiger partial charge is 0.265 e. The Labute approximate surface area is 151 Å². The Balaban J connectivity index is 2.17. The summed E-state index contributed by atoms with van der Waals surface area (Å²) in [6, 6.07) is 14.1. The predicted octanol–water partition coefficient (Wildman–Crippen LogP) is 5.34. The Hall–Kier alpha value is -2.29. The number of anilines is 1. The zero-order valence-corrected chi connectivity index (χ0v) is 15.9. The van der Waals surface area contributed by atoms with Gasteiger partial charge in [0.1, 0.15) is 5.75 Å². The highest BCUT2D eigenvalue weighted by Gasteiger charge is 2.19. The summed E-state index contributed by atoms with van der Waals surface area (Å²) in [7, 11) is 0. The van der Waals surface area contributed by atoms with Crippen LogP contribution >= 0.6 is 0 Å². The summed E-state index contributed by atoms with van der Waals surface area (Å²) in [5, 5.41) is 3.09. The standard InChI is InChI=1S/C22H29NO2/c1-6-17-11-10-12-18(7-2)21(17)23-22(24)16(5)25-20-14-9-8-13-19(20)15(3)4/h8-16H,6-7H2,1-5H3,(H,23,24)/t16-/m0/s1. The lowest BCUT2D eigenvalue weighted by atomic mass is 10.0. The fourth-order valence-corrected chi connectivity index (χ4v) is 2.94. The van der Waals surface area contributed by atoms with Gasteiger partial charge in [-0.3, -0.25) is 4.79 Å². The van der Waals surface area contributed by atoms with E-state index in [0.717, 1.165) is 41.0 Å². The molecule has 134 valence electrons. The average Bonchev–Trinajstić information content (AvgIpc) is 2.61. The van der Waals surface area contributed by atoms with Gasteiger partial charge in [-0.1, -0.05) is 64.1 Å². The number of carbonyl (C=O) groups excluding carboxylic acids is 1. The van der Waals surface area contributed by atoms with E-state index in [0.29, 0.717) is 5.92 Å². The van der Waals surface area contributed by atoms with Gasteiger partial charge < -0.3 is 10.1 Å². The second-order valence-electron chi connectivity index (χ2n) is 6.60. The van der Waals surface area contributed by atoms with E-state index in [1.807, 2.05) is 30.3 Å². The first-order valence-corrected chi connectivity index (χ1v) is 9.15. The first-order chi connectivity index (χ1) is 12.0. The molecule has 2 rings (SSSR count). The number of nitrogens with one attached hydrogen (secondary N) is 1. The third kappa shape index (κ3) is 4.62. The topological polar surface area (TPSA) is 38.3 Å². The van der Waals surface area contributed by atoms with E-state index < -0.39 is 6.10 Å². The lowest BCUT2D eigenvalue weighted by Crippen LogP contribution is -2.31. The summed E-state index contributed by atoms with van der Waals surface area (Å²) >= 11 is 0. The van der Waals surface area contributed by atoms with E-state index in [9.17, 15) is 4.79 Å². The molecule has 0 saturated carbocycles. The second kappa shape index (κ2) is 8.70. The number of amides is 1. The van der Waals surface area contributed by atoms with Crippen LogP contribution in [0.5, 0.6) is 5.75 Å². The maximum Gasteiger partial charge on any atom is 0.265 e. The minimum atomic E-state index is -0.561. The van der Waals surface area contributed by atoms with Crippen molar-refractivity contribution < 1.29 is 9.53 Å². The molecule has 3 nitrogen and oxygen atoms in total. The lowest BCUT2D eigenvalue weighted by molar-refractivity contribution is -0.122. The molecular formula is C22H29NO2. The SMILES string of the molecule is CCc1cccc(CC)c1NC(=O)[C@H](C)Oc1ccccc1C(C)C. The Morgan fingerprint density at radius 1 is 0.960 bits per heavy atom. The maximum atomic E-state index is 12.7. The van der Waals surface area contributed by atoms with Crippen molar-refractivity contribution >= 4 is 11.6 Å². The van der Waals surface area contributed by atoms with Crippen LogP contribution in [0.1, 0.15) is 57.2 Å². The molecule has 1 atom stereocenters. The monoisotopic (exact) mass is 339 g/mol. The minimum Gasteiger partial charge on any atom is -0.481 e. The molecule has 0 fully saturated rings. The average molecular weight is 339 g/mol. The van der Waals surface area contributed by atoms with Crippen LogP contribution in [0.4, 0.5) is 5.69 Å². The van der Waals surface area contributed by atoms with Crippen molar-refractivity contribution in [3.05, 3.63) is 59.2 Å².